The highest BCUT2D eigenvalue weighted by atomic mass is 35.5. The Bertz CT molecular complexity index is 5130. The SMILES string of the molecule is CC(C)[C@@H]1NC(=O)[C@H](Cc2ccccc2)NC(=O)[C@@H](Cc2ccc(O)cc2)NC(=O)CSC[C@@H](C(=O)NCC(=O)NCCOCCOCCCCCCCl)NC(=O)[C@H](CCCNC(=N)N)NC(=O)[C@H](Cc2ccccc2)NC(=O)[C@H]([C@@H](C)O)NC(=O)[C@H](CCCNC(=N)N)NC(=O)[C@H](Cc2ccccc2)NC(=O)[C@H](CC(N)=O)NC(=O)[C@H](CCCNC(=N)N)NC(=O)[C@H](Cc2ccccc2)NC(=O)[C@H](CC(N)=O)NC1=O. The van der Waals surface area contributed by atoms with E-state index in [0.29, 0.717) is 40.3 Å². The molecule has 5 aromatic carbocycles. The van der Waals surface area contributed by atoms with Gasteiger partial charge in [-0.25, -0.2) is 0 Å². The standard InChI is InChI=1S/C97H139ClN26O21S/c1-57(2)80-93(142)121-74(53-77(100)128)91(140)117-69(47-59-23-10-6-11-24-59)87(136)113-65(31-20-39-108-95(101)102)83(132)119-73(52-76(99)127)90(139)116-70(48-60-25-12-7-13-26-60)88(137)115-67(33-22-41-110-97(105)106)85(134)124-81(58(3)125)94(143)120-71(49-61-27-14-8-15-28-61)89(138)114-66(32-21-40-109-96(103)104)84(133)122-75(82(131)111-54-78(129)107-42-44-145-46-45-144-43-19-5-4-18-38-98)55-146-56-79(130)112-68(51-63-34-36-64(126)37-35-63)86(135)118-72(92(141)123-80)50-62-29-16-9-17-30-62/h6-17,23-30,34-37,57-58,65-75,80-81,125-126H,4-5,18-22,31-33,38-56H2,1-3H3,(H2,99,127)(H2,100,128)(H,107,129)(H,111,131)(H,112,130)(H,113,136)(H,114,138)(H,115,137)(H,116,139)(H,117,140)(H,118,135)(H,119,132)(H,120,143)(H,121,142)(H,122,133)(H,123,141)(H,124,134)(H4,101,102,108)(H4,103,104,109)(H4,105,106,110)/t58-,65+,66+,67+,68-,69+,70+,71+,72+,73+,74+,75+,80+,81+/m1/s1. The average Bonchev–Trinajstić information content (AvgIpc) is 0.840. The maximum absolute atomic E-state index is 15.3. The number of phenolic OH excluding ortho intramolecular Hbond substituents is 1. The molecule has 49 heteroatoms. The minimum atomic E-state index is -2.02. The molecule has 47 nitrogen and oxygen atoms in total. The number of amides is 17. The van der Waals surface area contributed by atoms with Crippen molar-refractivity contribution in [3.8, 4) is 5.75 Å². The lowest BCUT2D eigenvalue weighted by Gasteiger charge is -2.29. The second-order valence-electron chi connectivity index (χ2n) is 35.0. The number of alkyl halides is 1. The summed E-state index contributed by atoms with van der Waals surface area (Å²) in [4.78, 5) is 250. The van der Waals surface area contributed by atoms with E-state index in [2.05, 4.69) is 95.7 Å². The van der Waals surface area contributed by atoms with Crippen LogP contribution in [0.25, 0.3) is 0 Å². The molecule has 0 unspecified atom stereocenters. The summed E-state index contributed by atoms with van der Waals surface area (Å²) in [5.74, 6) is -21.6. The zero-order valence-corrected chi connectivity index (χ0v) is 83.4. The Morgan fingerprint density at radius 2 is 0.692 bits per heavy atom. The number of hydrogen-bond donors (Lipinski definition) is 28. The van der Waals surface area contributed by atoms with Crippen molar-refractivity contribution >= 4 is 142 Å². The molecule has 1 aliphatic rings. The van der Waals surface area contributed by atoms with Crippen molar-refractivity contribution in [2.45, 2.75) is 215 Å². The van der Waals surface area contributed by atoms with Crippen LogP contribution < -0.4 is 124 Å². The number of hydrogen-bond acceptors (Lipinski definition) is 25. The van der Waals surface area contributed by atoms with E-state index in [1.807, 2.05) is 0 Å². The highest BCUT2D eigenvalue weighted by Gasteiger charge is 2.41. The molecule has 1 aliphatic heterocycles. The lowest BCUT2D eigenvalue weighted by Crippen LogP contribution is -2.62. The Labute approximate surface area is 855 Å². The van der Waals surface area contributed by atoms with Crippen molar-refractivity contribution in [3.05, 3.63) is 173 Å². The fourth-order valence-electron chi connectivity index (χ4n) is 15.0. The molecule has 0 bridgehead atoms. The van der Waals surface area contributed by atoms with Crippen molar-refractivity contribution in [1.29, 1.82) is 16.2 Å². The van der Waals surface area contributed by atoms with Crippen molar-refractivity contribution < 1.29 is 101 Å². The van der Waals surface area contributed by atoms with Gasteiger partial charge in [-0.15, -0.1) is 23.4 Å². The molecule has 146 heavy (non-hydrogen) atoms. The van der Waals surface area contributed by atoms with Crippen LogP contribution in [-0.4, -0.2) is 290 Å². The van der Waals surface area contributed by atoms with Crippen LogP contribution in [0.4, 0.5) is 0 Å². The lowest BCUT2D eigenvalue weighted by molar-refractivity contribution is -0.137. The molecule has 14 atom stereocenters. The number of phenols is 1. The topological polar surface area (TPSA) is 767 Å². The summed E-state index contributed by atoms with van der Waals surface area (Å²) >= 11 is 6.52. The van der Waals surface area contributed by atoms with E-state index in [1.165, 1.54) is 38.1 Å². The maximum atomic E-state index is 15.3. The number of ether oxygens (including phenoxy) is 2. The molecule has 33 N–H and O–H groups in total. The average molecular weight is 2070 g/mol. The first-order valence-electron chi connectivity index (χ1n) is 48.0. The molecule has 6 rings (SSSR count). The Balaban J connectivity index is 1.50. The van der Waals surface area contributed by atoms with Gasteiger partial charge in [0.15, 0.2) is 17.9 Å². The van der Waals surface area contributed by atoms with Crippen molar-refractivity contribution in [2.24, 2.45) is 34.6 Å². The highest BCUT2D eigenvalue weighted by molar-refractivity contribution is 8.00. The van der Waals surface area contributed by atoms with Crippen LogP contribution in [0.1, 0.15) is 126 Å². The number of carbonyl (C=O) groups excluding carboxylic acids is 17. The minimum Gasteiger partial charge on any atom is -0.508 e. The van der Waals surface area contributed by atoms with Crippen LogP contribution >= 0.6 is 23.4 Å². The largest absolute Gasteiger partial charge is 0.508 e. The first-order chi connectivity index (χ1) is 69.7. The van der Waals surface area contributed by atoms with E-state index >= 15 is 47.9 Å². The number of halogens is 1. The number of aliphatic hydroxyl groups excluding tert-OH is 1. The van der Waals surface area contributed by atoms with Crippen molar-refractivity contribution in [2.75, 3.05) is 76.5 Å². The summed E-state index contributed by atoms with van der Waals surface area (Å²) in [5, 5.41) is 91.8. The third-order valence-electron chi connectivity index (χ3n) is 22.6. The van der Waals surface area contributed by atoms with Crippen LogP contribution in [0, 0.1) is 22.1 Å². The normalized spacial score (nSPS) is 21.3. The molecule has 0 aromatic heterocycles. The third kappa shape index (κ3) is 46.7. The zero-order chi connectivity index (χ0) is 107. The lowest BCUT2D eigenvalue weighted by atomic mass is 9.99. The second-order valence-corrected chi connectivity index (χ2v) is 36.4. The predicted octanol–water partition coefficient (Wildman–Crippen LogP) is -4.40. The summed E-state index contributed by atoms with van der Waals surface area (Å²) < 4.78 is 11.3. The Morgan fingerprint density at radius 1 is 0.370 bits per heavy atom. The summed E-state index contributed by atoms with van der Waals surface area (Å²) in [6.45, 7) is 4.18. The van der Waals surface area contributed by atoms with Gasteiger partial charge in [-0.3, -0.25) is 97.7 Å². The first kappa shape index (κ1) is 120. The molecule has 5 aromatic rings. The molecule has 17 amide bonds. The predicted molar refractivity (Wildman–Crippen MR) is 543 cm³/mol. The third-order valence-corrected chi connectivity index (χ3v) is 23.9. The number of aliphatic hydroxyl groups is 1. The summed E-state index contributed by atoms with van der Waals surface area (Å²) in [5.41, 5.74) is 30.4. The molecule has 1 saturated heterocycles. The van der Waals surface area contributed by atoms with Gasteiger partial charge in [0, 0.05) is 76.5 Å². The highest BCUT2D eigenvalue weighted by Crippen LogP contribution is 2.19. The molecule has 0 radical (unpaired) electrons. The molecule has 796 valence electrons. The van der Waals surface area contributed by atoms with E-state index in [1.54, 1.807) is 121 Å². The van der Waals surface area contributed by atoms with Gasteiger partial charge in [0.05, 0.1) is 51.1 Å². The Hall–Kier alpha value is -14.8. The van der Waals surface area contributed by atoms with Crippen LogP contribution in [-0.2, 0) is 123 Å². The molecule has 0 aliphatic carbocycles. The van der Waals surface area contributed by atoms with Crippen LogP contribution in [0.2, 0.25) is 0 Å². The van der Waals surface area contributed by atoms with Gasteiger partial charge in [0.25, 0.3) is 0 Å². The molecular formula is C97H139ClN26O21S. The maximum Gasteiger partial charge on any atom is 0.245 e. The van der Waals surface area contributed by atoms with E-state index in [-0.39, 0.29) is 116 Å². The number of unbranched alkanes of at least 4 members (excludes halogenated alkanes) is 3. The fraction of sp³-hybridized carbons (Fsp3) is 0.485. The first-order valence-corrected chi connectivity index (χ1v) is 49.6. The summed E-state index contributed by atoms with van der Waals surface area (Å²) in [6, 6.07) is 14.8. The van der Waals surface area contributed by atoms with Gasteiger partial charge in [-0.05, 0) is 104 Å². The quantitative estimate of drug-likeness (QED) is 0.00758. The molecule has 1 heterocycles. The van der Waals surface area contributed by atoms with Gasteiger partial charge in [-0.1, -0.05) is 160 Å². The second kappa shape index (κ2) is 65.5. The number of guanidine groups is 3. The molecule has 1 fully saturated rings. The molecule has 0 spiro atoms. The van der Waals surface area contributed by atoms with Crippen LogP contribution in [0.15, 0.2) is 146 Å². The number of primary amides is 2. The van der Waals surface area contributed by atoms with Gasteiger partial charge in [0.2, 0.25) is 100 Å². The van der Waals surface area contributed by atoms with E-state index in [0.717, 1.165) is 44.4 Å². The van der Waals surface area contributed by atoms with E-state index < -0.39 is 246 Å². The number of aromatic hydroxyl groups is 1. The van der Waals surface area contributed by atoms with Crippen LogP contribution in [0.5, 0.6) is 5.75 Å². The van der Waals surface area contributed by atoms with Gasteiger partial charge in [0.1, 0.15) is 84.3 Å². The number of benzene rings is 5. The minimum absolute atomic E-state index is 0.0163. The fourth-order valence-corrected chi connectivity index (χ4v) is 16.0. The summed E-state index contributed by atoms with van der Waals surface area (Å²) in [6.07, 6.45) is -3.10. The number of carbonyl (C=O) groups is 17. The van der Waals surface area contributed by atoms with Gasteiger partial charge >= 0.3 is 0 Å². The molecular weight excluding hydrogens is 1930 g/mol. The Morgan fingerprint density at radius 3 is 1.08 bits per heavy atom. The van der Waals surface area contributed by atoms with Crippen molar-refractivity contribution in [3.63, 3.8) is 0 Å². The van der Waals surface area contributed by atoms with E-state index in [4.69, 9.17) is 66.0 Å². The van der Waals surface area contributed by atoms with Gasteiger partial charge < -0.3 is 144 Å². The number of nitrogens with two attached hydrogens (primary N) is 5. The number of rotatable bonds is 43. The number of thioether (sulfide) groups is 1. The smallest absolute Gasteiger partial charge is 0.245 e. The Kier molecular flexibility index (Phi) is 53.8. The van der Waals surface area contributed by atoms with E-state index in [9.17, 15) is 43.8 Å². The zero-order valence-electron chi connectivity index (χ0n) is 81.8. The van der Waals surface area contributed by atoms with Crippen molar-refractivity contribution in [1.82, 2.24) is 95.7 Å². The summed E-state index contributed by atoms with van der Waals surface area (Å²) in [7, 11) is 0. The van der Waals surface area contributed by atoms with Gasteiger partial charge in [-0.2, -0.15) is 0 Å². The number of nitrogens with one attached hydrogen (secondary N) is 21. The van der Waals surface area contributed by atoms with Crippen LogP contribution in [0.3, 0.4) is 0 Å². The monoisotopic (exact) mass is 2070 g/mol. The molecule has 0 saturated carbocycles.